The summed E-state index contributed by atoms with van der Waals surface area (Å²) in [7, 11) is 0. The van der Waals surface area contributed by atoms with Crippen molar-refractivity contribution in [2.45, 2.75) is 51.5 Å². The third kappa shape index (κ3) is 4.24. The van der Waals surface area contributed by atoms with Gasteiger partial charge in [-0.2, -0.15) is 0 Å². The van der Waals surface area contributed by atoms with Crippen LogP contribution in [0.2, 0.25) is 0 Å². The average molecular weight is 368 g/mol. The van der Waals surface area contributed by atoms with Crippen molar-refractivity contribution < 1.29 is 14.8 Å². The summed E-state index contributed by atoms with van der Waals surface area (Å²) in [5.74, 6) is 2.24. The summed E-state index contributed by atoms with van der Waals surface area (Å²) in [6.45, 7) is 0.534. The molecule has 4 fully saturated rings. The van der Waals surface area contributed by atoms with Gasteiger partial charge in [-0.3, -0.25) is 14.8 Å². The first-order chi connectivity index (χ1) is 13.0. The molecule has 27 heavy (non-hydrogen) atoms. The Balaban J connectivity index is 1.28. The molecule has 0 saturated heterocycles. The second-order valence-electron chi connectivity index (χ2n) is 8.92. The first kappa shape index (κ1) is 18.2. The zero-order valence-electron chi connectivity index (χ0n) is 15.6. The molecular formula is C22H28N2O3. The normalized spacial score (nSPS) is 31.2. The molecule has 0 unspecified atom stereocenters. The van der Waals surface area contributed by atoms with Crippen LogP contribution < -0.4 is 10.8 Å². The molecule has 4 aliphatic carbocycles. The summed E-state index contributed by atoms with van der Waals surface area (Å²) < 4.78 is 0. The van der Waals surface area contributed by atoms with Gasteiger partial charge in [0.1, 0.15) is 0 Å². The zero-order valence-corrected chi connectivity index (χ0v) is 15.6. The van der Waals surface area contributed by atoms with E-state index in [9.17, 15) is 9.59 Å². The number of carbonyl (C=O) groups is 2. The first-order valence-corrected chi connectivity index (χ1v) is 10.0. The lowest BCUT2D eigenvalue weighted by atomic mass is 9.49. The summed E-state index contributed by atoms with van der Waals surface area (Å²) in [5.41, 5.74) is 3.74. The molecule has 3 N–H and O–H groups in total. The Morgan fingerprint density at radius 1 is 1.04 bits per heavy atom. The minimum absolute atomic E-state index is 0.181. The van der Waals surface area contributed by atoms with E-state index >= 15 is 0 Å². The van der Waals surface area contributed by atoms with Crippen LogP contribution in [-0.2, 0) is 16.1 Å². The lowest BCUT2D eigenvalue weighted by Crippen LogP contribution is -2.47. The monoisotopic (exact) mass is 368 g/mol. The van der Waals surface area contributed by atoms with E-state index in [-0.39, 0.29) is 11.3 Å². The van der Waals surface area contributed by atoms with Crippen LogP contribution in [0.1, 0.15) is 56.1 Å². The molecule has 0 aliphatic heterocycles. The number of nitrogens with one attached hydrogen (secondary N) is 2. The van der Waals surface area contributed by atoms with E-state index in [2.05, 4.69) is 5.32 Å². The number of rotatable bonds is 6. The molecule has 1 aromatic rings. The van der Waals surface area contributed by atoms with E-state index in [0.717, 1.165) is 28.9 Å². The molecule has 0 spiro atoms. The van der Waals surface area contributed by atoms with Gasteiger partial charge < -0.3 is 5.32 Å². The van der Waals surface area contributed by atoms with Crippen molar-refractivity contribution >= 4 is 17.9 Å². The minimum atomic E-state index is -0.559. The van der Waals surface area contributed by atoms with Gasteiger partial charge in [-0.1, -0.05) is 24.3 Å². The highest BCUT2D eigenvalue weighted by Crippen LogP contribution is 2.61. The van der Waals surface area contributed by atoms with Gasteiger partial charge in [0.05, 0.1) is 0 Å². The van der Waals surface area contributed by atoms with Crippen molar-refractivity contribution in [3.8, 4) is 0 Å². The van der Waals surface area contributed by atoms with E-state index < -0.39 is 5.91 Å². The van der Waals surface area contributed by atoms with Crippen LogP contribution in [0.25, 0.3) is 6.08 Å². The lowest BCUT2D eigenvalue weighted by Gasteiger charge is -2.56. The number of hydrogen-bond donors (Lipinski definition) is 3. The standard InChI is InChI=1S/C22H28N2O3/c25-20(24-27)6-5-15-1-3-16(4-2-15)14-23-21(26)13-22-10-17-7-18(11-22)9-19(8-17)12-22/h1-6,17-19,27H,7-14H2,(H,23,26)(H,24,25)/b6-5+. The van der Waals surface area contributed by atoms with Gasteiger partial charge in [-0.25, -0.2) is 5.48 Å². The van der Waals surface area contributed by atoms with Gasteiger partial charge in [0, 0.05) is 19.0 Å². The number of carbonyl (C=O) groups excluding carboxylic acids is 2. The third-order valence-electron chi connectivity index (χ3n) is 6.71. The predicted octanol–water partition coefficient (Wildman–Crippen LogP) is 3.43. The van der Waals surface area contributed by atoms with E-state index in [0.29, 0.717) is 13.0 Å². The quantitative estimate of drug-likeness (QED) is 0.409. The highest BCUT2D eigenvalue weighted by molar-refractivity contribution is 5.90. The SMILES string of the molecule is O=C(/C=C/c1ccc(CNC(=O)CC23CC4CC(CC(C4)C2)C3)cc1)NO. The fourth-order valence-electron chi connectivity index (χ4n) is 6.07. The molecule has 5 heteroatoms. The van der Waals surface area contributed by atoms with Crippen molar-refractivity contribution in [2.75, 3.05) is 0 Å². The van der Waals surface area contributed by atoms with Crippen molar-refractivity contribution in [3.63, 3.8) is 0 Å². The molecule has 4 bridgehead atoms. The van der Waals surface area contributed by atoms with Gasteiger partial charge in [0.15, 0.2) is 0 Å². The van der Waals surface area contributed by atoms with Gasteiger partial charge in [-0.05, 0) is 78.9 Å². The van der Waals surface area contributed by atoms with E-state index in [1.54, 1.807) is 11.6 Å². The fourth-order valence-corrected chi connectivity index (χ4v) is 6.07. The molecular weight excluding hydrogens is 340 g/mol. The summed E-state index contributed by atoms with van der Waals surface area (Å²) in [6.07, 6.45) is 11.6. The summed E-state index contributed by atoms with van der Waals surface area (Å²) in [4.78, 5) is 23.6. The van der Waals surface area contributed by atoms with Crippen LogP contribution in [0.4, 0.5) is 0 Å². The zero-order chi connectivity index (χ0) is 18.9. The number of benzene rings is 1. The topological polar surface area (TPSA) is 78.4 Å². The smallest absolute Gasteiger partial charge is 0.267 e. The summed E-state index contributed by atoms with van der Waals surface area (Å²) >= 11 is 0. The summed E-state index contributed by atoms with van der Waals surface area (Å²) in [5, 5.41) is 11.6. The molecule has 0 radical (unpaired) electrons. The van der Waals surface area contributed by atoms with E-state index in [1.165, 1.54) is 44.6 Å². The Kier molecular flexibility index (Phi) is 5.04. The number of amides is 2. The van der Waals surface area contributed by atoms with Crippen LogP contribution in [0.3, 0.4) is 0 Å². The maximum absolute atomic E-state index is 12.6. The van der Waals surface area contributed by atoms with Crippen LogP contribution in [0.5, 0.6) is 0 Å². The second kappa shape index (κ2) is 7.47. The summed E-state index contributed by atoms with van der Waals surface area (Å²) in [6, 6.07) is 7.67. The Morgan fingerprint density at radius 3 is 2.19 bits per heavy atom. The highest BCUT2D eigenvalue weighted by atomic mass is 16.5. The van der Waals surface area contributed by atoms with Crippen molar-refractivity contribution in [1.82, 2.24) is 10.8 Å². The molecule has 5 nitrogen and oxygen atoms in total. The molecule has 2 amide bonds. The van der Waals surface area contributed by atoms with E-state index in [4.69, 9.17) is 5.21 Å². The van der Waals surface area contributed by atoms with Gasteiger partial charge in [-0.15, -0.1) is 0 Å². The molecule has 4 saturated carbocycles. The third-order valence-corrected chi connectivity index (χ3v) is 6.71. The van der Waals surface area contributed by atoms with Crippen molar-refractivity contribution in [2.24, 2.45) is 23.2 Å². The Hall–Kier alpha value is -2.14. The van der Waals surface area contributed by atoms with Crippen LogP contribution >= 0.6 is 0 Å². The highest BCUT2D eigenvalue weighted by Gasteiger charge is 2.51. The molecule has 0 atom stereocenters. The van der Waals surface area contributed by atoms with Crippen LogP contribution in [0.15, 0.2) is 30.3 Å². The maximum atomic E-state index is 12.6. The Bertz CT molecular complexity index is 703. The van der Waals surface area contributed by atoms with Gasteiger partial charge in [0.25, 0.3) is 5.91 Å². The molecule has 0 aromatic heterocycles. The Labute approximate surface area is 160 Å². The van der Waals surface area contributed by atoms with Crippen molar-refractivity contribution in [3.05, 3.63) is 41.5 Å². The van der Waals surface area contributed by atoms with E-state index in [1.807, 2.05) is 24.3 Å². The fraction of sp³-hybridized carbons (Fsp3) is 0.545. The lowest BCUT2D eigenvalue weighted by molar-refractivity contribution is -0.129. The molecule has 4 aliphatic rings. The number of hydroxylamine groups is 1. The van der Waals surface area contributed by atoms with Gasteiger partial charge in [0.2, 0.25) is 5.91 Å². The predicted molar refractivity (Wildman–Crippen MR) is 102 cm³/mol. The van der Waals surface area contributed by atoms with Gasteiger partial charge >= 0.3 is 0 Å². The van der Waals surface area contributed by atoms with Crippen LogP contribution in [0, 0.1) is 23.2 Å². The molecule has 0 heterocycles. The second-order valence-corrected chi connectivity index (χ2v) is 8.92. The maximum Gasteiger partial charge on any atom is 0.267 e. The number of hydrogen-bond acceptors (Lipinski definition) is 3. The average Bonchev–Trinajstić information content (AvgIpc) is 2.63. The van der Waals surface area contributed by atoms with Crippen LogP contribution in [-0.4, -0.2) is 17.0 Å². The largest absolute Gasteiger partial charge is 0.352 e. The molecule has 5 rings (SSSR count). The molecule has 1 aromatic carbocycles. The Morgan fingerprint density at radius 2 is 1.63 bits per heavy atom. The first-order valence-electron chi connectivity index (χ1n) is 10.0. The minimum Gasteiger partial charge on any atom is -0.352 e. The van der Waals surface area contributed by atoms with Crippen molar-refractivity contribution in [1.29, 1.82) is 0 Å². The molecule has 144 valence electrons.